The van der Waals surface area contributed by atoms with Crippen molar-refractivity contribution in [3.63, 3.8) is 0 Å². The second kappa shape index (κ2) is 8.80. The van der Waals surface area contributed by atoms with E-state index in [1.807, 2.05) is 0 Å². The van der Waals surface area contributed by atoms with Crippen LogP contribution in [-0.2, 0) is 0 Å². The van der Waals surface area contributed by atoms with Gasteiger partial charge in [-0.15, -0.1) is 0 Å². The van der Waals surface area contributed by atoms with E-state index in [9.17, 15) is 9.59 Å². The fourth-order valence-corrected chi connectivity index (χ4v) is 3.63. The molecule has 1 amide bonds. The lowest BCUT2D eigenvalue weighted by Crippen LogP contribution is -2.17. The van der Waals surface area contributed by atoms with Crippen molar-refractivity contribution < 1.29 is 19.1 Å². The smallest absolute Gasteiger partial charge is 0.254 e. The number of carbonyl (C=O) groups is 2. The molecule has 5 rings (SSSR count). The van der Waals surface area contributed by atoms with Crippen LogP contribution in [0.1, 0.15) is 20.7 Å². The predicted octanol–water partition coefficient (Wildman–Crippen LogP) is 4.31. The molecular weight excluding hydrogens is 458 g/mol. The summed E-state index contributed by atoms with van der Waals surface area (Å²) in [7, 11) is 0. The second-order valence-electron chi connectivity index (χ2n) is 7.32. The Morgan fingerprint density at radius 1 is 1.06 bits per heavy atom. The second-order valence-corrected chi connectivity index (χ2v) is 7.75. The summed E-state index contributed by atoms with van der Waals surface area (Å²) in [6.07, 6.45) is 6.29. The summed E-state index contributed by atoms with van der Waals surface area (Å²) in [6, 6.07) is 12.0. The highest BCUT2D eigenvalue weighted by atomic mass is 35.5. The van der Waals surface area contributed by atoms with Gasteiger partial charge in [0.05, 0.1) is 11.2 Å². The summed E-state index contributed by atoms with van der Waals surface area (Å²) >= 11 is 5.95. The minimum Gasteiger partial charge on any atom is -0.469 e. The number of fused-ring (bicyclic) bond motifs is 2. The SMILES string of the molecule is NC(=O)c1cc2cc(Cl)cnc2nc1OCC(=O)c1c[nH]c2cc(Oc3cccnc3)ccc12. The zero-order valence-electron chi connectivity index (χ0n) is 17.5. The fourth-order valence-electron chi connectivity index (χ4n) is 3.46. The van der Waals surface area contributed by atoms with Gasteiger partial charge in [-0.2, -0.15) is 4.98 Å². The number of aromatic amines is 1. The maximum Gasteiger partial charge on any atom is 0.254 e. The van der Waals surface area contributed by atoms with Gasteiger partial charge in [0.25, 0.3) is 5.91 Å². The van der Waals surface area contributed by atoms with Crippen molar-refractivity contribution in [1.29, 1.82) is 0 Å². The molecule has 0 saturated carbocycles. The minimum atomic E-state index is -0.745. The number of nitrogens with two attached hydrogens (primary N) is 1. The molecule has 168 valence electrons. The van der Waals surface area contributed by atoms with Crippen LogP contribution in [0.5, 0.6) is 17.4 Å². The number of ether oxygens (including phenoxy) is 2. The maximum absolute atomic E-state index is 12.9. The molecule has 0 aliphatic carbocycles. The average molecular weight is 474 g/mol. The molecule has 0 unspecified atom stereocenters. The number of halogens is 1. The number of amides is 1. The lowest BCUT2D eigenvalue weighted by molar-refractivity contribution is 0.0910. The Labute approximate surface area is 197 Å². The Balaban J connectivity index is 1.37. The molecule has 0 radical (unpaired) electrons. The molecule has 0 aliphatic rings. The van der Waals surface area contributed by atoms with Crippen LogP contribution < -0.4 is 15.2 Å². The van der Waals surface area contributed by atoms with E-state index in [-0.39, 0.29) is 23.8 Å². The number of pyridine rings is 3. The first-order valence-electron chi connectivity index (χ1n) is 10.1. The van der Waals surface area contributed by atoms with Gasteiger partial charge in [0, 0.05) is 46.5 Å². The largest absolute Gasteiger partial charge is 0.469 e. The molecule has 4 aromatic heterocycles. The summed E-state index contributed by atoms with van der Waals surface area (Å²) in [5.74, 6) is 0.0634. The van der Waals surface area contributed by atoms with Crippen LogP contribution in [0.3, 0.4) is 0 Å². The molecule has 1 aromatic carbocycles. The van der Waals surface area contributed by atoms with E-state index >= 15 is 0 Å². The molecule has 0 bridgehead atoms. The minimum absolute atomic E-state index is 0.0282. The normalized spacial score (nSPS) is 11.0. The molecule has 0 spiro atoms. The number of hydrogen-bond acceptors (Lipinski definition) is 7. The number of rotatable bonds is 7. The highest BCUT2D eigenvalue weighted by Gasteiger charge is 2.18. The summed E-state index contributed by atoms with van der Waals surface area (Å²) in [5, 5.41) is 1.62. The lowest BCUT2D eigenvalue weighted by Gasteiger charge is -2.09. The quantitative estimate of drug-likeness (QED) is 0.336. The van der Waals surface area contributed by atoms with E-state index in [4.69, 9.17) is 26.8 Å². The van der Waals surface area contributed by atoms with Gasteiger partial charge in [-0.05, 0) is 36.4 Å². The van der Waals surface area contributed by atoms with Crippen LogP contribution in [0, 0.1) is 0 Å². The Kier molecular flexibility index (Phi) is 5.52. The Hall–Kier alpha value is -4.50. The molecule has 0 atom stereocenters. The zero-order valence-corrected chi connectivity index (χ0v) is 18.2. The van der Waals surface area contributed by atoms with Gasteiger partial charge >= 0.3 is 0 Å². The molecule has 5 aromatic rings. The number of nitrogens with zero attached hydrogens (tertiary/aromatic N) is 3. The van der Waals surface area contributed by atoms with Crippen LogP contribution in [-0.4, -0.2) is 38.2 Å². The van der Waals surface area contributed by atoms with Crippen molar-refractivity contribution in [3.05, 3.63) is 83.4 Å². The van der Waals surface area contributed by atoms with E-state index in [2.05, 4.69) is 19.9 Å². The number of nitrogens with one attached hydrogen (secondary N) is 1. The maximum atomic E-state index is 12.9. The third-order valence-corrected chi connectivity index (χ3v) is 5.24. The highest BCUT2D eigenvalue weighted by molar-refractivity contribution is 6.31. The van der Waals surface area contributed by atoms with Crippen molar-refractivity contribution in [2.24, 2.45) is 5.73 Å². The van der Waals surface area contributed by atoms with Gasteiger partial charge in [-0.3, -0.25) is 14.6 Å². The number of aromatic nitrogens is 4. The predicted molar refractivity (Wildman–Crippen MR) is 126 cm³/mol. The molecule has 10 heteroatoms. The van der Waals surface area contributed by atoms with Crippen LogP contribution in [0.4, 0.5) is 0 Å². The first-order valence-corrected chi connectivity index (χ1v) is 10.5. The van der Waals surface area contributed by atoms with Crippen molar-refractivity contribution >= 4 is 45.2 Å². The van der Waals surface area contributed by atoms with Gasteiger partial charge in [-0.25, -0.2) is 4.98 Å². The van der Waals surface area contributed by atoms with E-state index < -0.39 is 5.91 Å². The monoisotopic (exact) mass is 473 g/mol. The molecule has 0 fully saturated rings. The topological polar surface area (TPSA) is 133 Å². The fraction of sp³-hybridized carbons (Fsp3) is 0.0417. The van der Waals surface area contributed by atoms with Crippen molar-refractivity contribution in [2.75, 3.05) is 6.61 Å². The molecule has 0 saturated heterocycles. The first kappa shape index (κ1) is 21.4. The number of ketones is 1. The summed E-state index contributed by atoms with van der Waals surface area (Å²) in [5.41, 5.74) is 6.95. The van der Waals surface area contributed by atoms with Gasteiger partial charge in [0.1, 0.15) is 17.1 Å². The first-order chi connectivity index (χ1) is 16.5. The Bertz CT molecular complexity index is 1550. The summed E-state index contributed by atoms with van der Waals surface area (Å²) in [4.78, 5) is 40.2. The molecule has 3 N–H and O–H groups in total. The Morgan fingerprint density at radius 2 is 1.94 bits per heavy atom. The molecule has 0 aliphatic heterocycles. The zero-order chi connectivity index (χ0) is 23.7. The molecule has 34 heavy (non-hydrogen) atoms. The third kappa shape index (κ3) is 4.24. The number of primary amides is 1. The lowest BCUT2D eigenvalue weighted by atomic mass is 10.1. The van der Waals surface area contributed by atoms with Crippen LogP contribution in [0.25, 0.3) is 21.9 Å². The van der Waals surface area contributed by atoms with Gasteiger partial charge in [0.15, 0.2) is 12.3 Å². The average Bonchev–Trinajstić information content (AvgIpc) is 3.26. The van der Waals surface area contributed by atoms with Crippen LogP contribution >= 0.6 is 11.6 Å². The van der Waals surface area contributed by atoms with Crippen molar-refractivity contribution in [3.8, 4) is 17.4 Å². The van der Waals surface area contributed by atoms with Gasteiger partial charge in [0.2, 0.25) is 11.7 Å². The van der Waals surface area contributed by atoms with Crippen LogP contribution in [0.2, 0.25) is 5.02 Å². The number of carbonyl (C=O) groups excluding carboxylic acids is 2. The molecule has 9 nitrogen and oxygen atoms in total. The highest BCUT2D eigenvalue weighted by Crippen LogP contribution is 2.28. The number of Topliss-reactive ketones (excluding diaryl/α,β-unsaturated/α-hetero) is 1. The number of benzene rings is 1. The Morgan fingerprint density at radius 3 is 2.74 bits per heavy atom. The van der Waals surface area contributed by atoms with Crippen molar-refractivity contribution in [2.45, 2.75) is 0 Å². The van der Waals surface area contributed by atoms with E-state index in [1.54, 1.807) is 55.0 Å². The summed E-state index contributed by atoms with van der Waals surface area (Å²) < 4.78 is 11.4. The van der Waals surface area contributed by atoms with Crippen molar-refractivity contribution in [1.82, 2.24) is 19.9 Å². The van der Waals surface area contributed by atoms with Crippen LogP contribution in [0.15, 0.2) is 67.3 Å². The third-order valence-electron chi connectivity index (χ3n) is 5.03. The summed E-state index contributed by atoms with van der Waals surface area (Å²) in [6.45, 7) is -0.354. The number of hydrogen-bond donors (Lipinski definition) is 2. The van der Waals surface area contributed by atoms with Gasteiger partial charge in [-0.1, -0.05) is 11.6 Å². The number of H-pyrrole nitrogens is 1. The van der Waals surface area contributed by atoms with Gasteiger partial charge < -0.3 is 20.2 Å². The van der Waals surface area contributed by atoms with E-state index in [0.717, 1.165) is 0 Å². The molecular formula is C24H16ClN5O4. The van der Waals surface area contributed by atoms with E-state index in [1.165, 1.54) is 12.3 Å². The van der Waals surface area contributed by atoms with E-state index in [0.29, 0.717) is 44.0 Å². The molecule has 4 heterocycles. The standard InChI is InChI=1S/C24H16ClN5O4/c25-14-6-13-7-18(22(26)32)24(30-23(13)29-9-14)33-12-21(31)19-11-28-20-8-15(3-4-17(19)20)34-16-2-1-5-27-10-16/h1-11,28H,12H2,(H2,26,32).